The van der Waals surface area contributed by atoms with Crippen LogP contribution in [0, 0.1) is 20.8 Å². The summed E-state index contributed by atoms with van der Waals surface area (Å²) < 4.78 is 29.7. The van der Waals surface area contributed by atoms with Crippen molar-refractivity contribution in [1.82, 2.24) is 15.0 Å². The maximum absolute atomic E-state index is 13.3. The third-order valence-electron chi connectivity index (χ3n) is 5.77. The van der Waals surface area contributed by atoms with Gasteiger partial charge in [0.25, 0.3) is 15.9 Å². The Hall–Kier alpha value is -4.24. The van der Waals surface area contributed by atoms with E-state index in [1.54, 1.807) is 36.5 Å². The highest BCUT2D eigenvalue weighted by Crippen LogP contribution is 2.23. The lowest BCUT2D eigenvalue weighted by molar-refractivity contribution is -0.119. The Morgan fingerprint density at radius 1 is 1.03 bits per heavy atom. The van der Waals surface area contributed by atoms with E-state index in [9.17, 15) is 13.2 Å². The molecule has 9 heteroatoms. The number of nitrogens with zero attached hydrogens (tertiary/aromatic N) is 4. The number of aryl methyl sites for hydroxylation is 2. The molecule has 0 spiro atoms. The van der Waals surface area contributed by atoms with Crippen LogP contribution in [0.3, 0.4) is 0 Å². The Kier molecular flexibility index (Phi) is 7.30. The SMILES string of the molecule is Cc1ccccc1-n1c(C)cc(/C=N\NC(=O)CN(c2cccnc2)S(=O)(=O)c2ccccc2)c1C. The van der Waals surface area contributed by atoms with Crippen molar-refractivity contribution in [2.75, 3.05) is 10.8 Å². The summed E-state index contributed by atoms with van der Waals surface area (Å²) in [6, 6.07) is 21.2. The van der Waals surface area contributed by atoms with E-state index in [0.717, 1.165) is 32.5 Å². The third kappa shape index (κ3) is 5.21. The van der Waals surface area contributed by atoms with Crippen molar-refractivity contribution in [3.63, 3.8) is 0 Å². The molecule has 0 unspecified atom stereocenters. The summed E-state index contributed by atoms with van der Waals surface area (Å²) >= 11 is 0. The Labute approximate surface area is 211 Å². The van der Waals surface area contributed by atoms with Crippen molar-refractivity contribution in [2.45, 2.75) is 25.7 Å². The number of hydrazone groups is 1. The minimum Gasteiger partial charge on any atom is -0.318 e. The zero-order chi connectivity index (χ0) is 25.7. The first-order valence-corrected chi connectivity index (χ1v) is 12.8. The van der Waals surface area contributed by atoms with Crippen LogP contribution in [0.5, 0.6) is 0 Å². The molecule has 36 heavy (non-hydrogen) atoms. The van der Waals surface area contributed by atoms with E-state index in [1.807, 2.05) is 32.0 Å². The topological polar surface area (TPSA) is 96.7 Å². The lowest BCUT2D eigenvalue weighted by Crippen LogP contribution is -2.39. The van der Waals surface area contributed by atoms with Gasteiger partial charge in [0.1, 0.15) is 6.54 Å². The van der Waals surface area contributed by atoms with Gasteiger partial charge >= 0.3 is 0 Å². The number of anilines is 1. The molecule has 2 heterocycles. The number of amides is 1. The molecule has 0 aliphatic carbocycles. The molecule has 1 amide bonds. The Morgan fingerprint density at radius 3 is 2.44 bits per heavy atom. The Bertz CT molecular complexity index is 1500. The summed E-state index contributed by atoms with van der Waals surface area (Å²) in [5, 5.41) is 4.10. The number of nitrogens with one attached hydrogen (secondary N) is 1. The molecule has 4 aromatic rings. The van der Waals surface area contributed by atoms with Crippen LogP contribution in [0.25, 0.3) is 5.69 Å². The fraction of sp³-hybridized carbons (Fsp3) is 0.148. The van der Waals surface area contributed by atoms with Crippen LogP contribution in [0.2, 0.25) is 0 Å². The van der Waals surface area contributed by atoms with E-state index in [1.165, 1.54) is 24.5 Å². The van der Waals surface area contributed by atoms with Crippen LogP contribution in [-0.4, -0.2) is 36.6 Å². The normalized spacial score (nSPS) is 11.5. The first-order valence-electron chi connectivity index (χ1n) is 11.3. The van der Waals surface area contributed by atoms with Crippen LogP contribution < -0.4 is 9.73 Å². The van der Waals surface area contributed by atoms with Gasteiger partial charge in [-0.3, -0.25) is 14.1 Å². The number of carbonyl (C=O) groups is 1. The second-order valence-electron chi connectivity index (χ2n) is 8.28. The first-order chi connectivity index (χ1) is 17.3. The predicted octanol–water partition coefficient (Wildman–Crippen LogP) is 4.14. The van der Waals surface area contributed by atoms with Gasteiger partial charge in [0.05, 0.1) is 23.0 Å². The van der Waals surface area contributed by atoms with E-state index < -0.39 is 22.5 Å². The minimum atomic E-state index is -3.99. The molecule has 8 nitrogen and oxygen atoms in total. The molecule has 0 bridgehead atoms. The van der Waals surface area contributed by atoms with Gasteiger partial charge in [-0.15, -0.1) is 0 Å². The highest BCUT2D eigenvalue weighted by Gasteiger charge is 2.27. The minimum absolute atomic E-state index is 0.0776. The molecule has 0 saturated carbocycles. The number of rotatable bonds is 8. The molecular weight excluding hydrogens is 474 g/mol. The van der Waals surface area contributed by atoms with Crippen LogP contribution in [-0.2, 0) is 14.8 Å². The van der Waals surface area contributed by atoms with E-state index in [0.29, 0.717) is 0 Å². The van der Waals surface area contributed by atoms with E-state index in [2.05, 4.69) is 39.1 Å². The Balaban J connectivity index is 1.54. The summed E-state index contributed by atoms with van der Waals surface area (Å²) in [4.78, 5) is 16.8. The second-order valence-corrected chi connectivity index (χ2v) is 10.1. The number of hydrogen-bond donors (Lipinski definition) is 1. The van der Waals surface area contributed by atoms with Crippen molar-refractivity contribution < 1.29 is 13.2 Å². The maximum atomic E-state index is 13.3. The summed E-state index contributed by atoms with van der Waals surface area (Å²) in [6.45, 7) is 5.59. The van der Waals surface area contributed by atoms with Gasteiger partial charge in [-0.1, -0.05) is 36.4 Å². The zero-order valence-electron chi connectivity index (χ0n) is 20.3. The standard InChI is InChI=1S/C27H27N5O3S/c1-20-10-7-8-14-26(20)32-21(2)16-23(22(32)3)17-29-30-27(33)19-31(24-11-9-15-28-18-24)36(34,35)25-12-5-4-6-13-25/h4-18H,19H2,1-3H3,(H,30,33)/b29-17-. The van der Waals surface area contributed by atoms with Gasteiger partial charge in [-0.2, -0.15) is 5.10 Å². The molecule has 0 atom stereocenters. The smallest absolute Gasteiger partial charge is 0.264 e. The fourth-order valence-electron chi connectivity index (χ4n) is 3.98. The largest absolute Gasteiger partial charge is 0.318 e. The predicted molar refractivity (Wildman–Crippen MR) is 141 cm³/mol. The zero-order valence-corrected chi connectivity index (χ0v) is 21.1. The summed E-state index contributed by atoms with van der Waals surface area (Å²) in [6.07, 6.45) is 4.50. The van der Waals surface area contributed by atoms with Crippen LogP contribution >= 0.6 is 0 Å². The average molecular weight is 502 g/mol. The number of carbonyl (C=O) groups excluding carboxylic acids is 1. The average Bonchev–Trinajstić information content (AvgIpc) is 3.16. The lowest BCUT2D eigenvalue weighted by atomic mass is 10.2. The number of benzene rings is 2. The molecular formula is C27H27N5O3S. The van der Waals surface area contributed by atoms with Crippen molar-refractivity contribution in [3.05, 3.63) is 108 Å². The number of sulfonamides is 1. The molecule has 0 aliphatic rings. The number of pyridine rings is 1. The van der Waals surface area contributed by atoms with Crippen LogP contribution in [0.15, 0.2) is 95.2 Å². The van der Waals surface area contributed by atoms with E-state index in [-0.39, 0.29) is 10.6 Å². The molecule has 0 radical (unpaired) electrons. The van der Waals surface area contributed by atoms with Gasteiger partial charge < -0.3 is 4.57 Å². The van der Waals surface area contributed by atoms with Gasteiger partial charge in [-0.25, -0.2) is 13.8 Å². The molecule has 0 fully saturated rings. The number of aromatic nitrogens is 2. The summed E-state index contributed by atoms with van der Waals surface area (Å²) in [7, 11) is -3.99. The molecule has 1 N–H and O–H groups in total. The third-order valence-corrected chi connectivity index (χ3v) is 7.56. The van der Waals surface area contributed by atoms with Gasteiger partial charge in [0, 0.05) is 28.8 Å². The van der Waals surface area contributed by atoms with Gasteiger partial charge in [0.15, 0.2) is 0 Å². The Morgan fingerprint density at radius 2 is 1.75 bits per heavy atom. The quantitative estimate of drug-likeness (QED) is 0.290. The monoisotopic (exact) mass is 501 g/mol. The highest BCUT2D eigenvalue weighted by molar-refractivity contribution is 7.92. The molecule has 2 aromatic carbocycles. The van der Waals surface area contributed by atoms with Crippen LogP contribution in [0.1, 0.15) is 22.5 Å². The summed E-state index contributed by atoms with van der Waals surface area (Å²) in [5.74, 6) is -0.581. The molecule has 0 saturated heterocycles. The fourth-order valence-corrected chi connectivity index (χ4v) is 5.41. The van der Waals surface area contributed by atoms with Crippen molar-refractivity contribution >= 4 is 27.8 Å². The summed E-state index contributed by atoms with van der Waals surface area (Å²) in [5.41, 5.74) is 7.81. The lowest BCUT2D eigenvalue weighted by Gasteiger charge is -2.23. The first kappa shape index (κ1) is 24.9. The van der Waals surface area contributed by atoms with Crippen molar-refractivity contribution in [3.8, 4) is 5.69 Å². The van der Waals surface area contributed by atoms with Gasteiger partial charge in [-0.05, 0) is 62.7 Å². The molecule has 4 rings (SSSR count). The molecule has 184 valence electrons. The van der Waals surface area contributed by atoms with E-state index in [4.69, 9.17) is 0 Å². The van der Waals surface area contributed by atoms with E-state index >= 15 is 0 Å². The van der Waals surface area contributed by atoms with Crippen LogP contribution in [0.4, 0.5) is 5.69 Å². The molecule has 0 aliphatic heterocycles. The second kappa shape index (κ2) is 10.6. The molecule has 2 aromatic heterocycles. The van der Waals surface area contributed by atoms with Gasteiger partial charge in [0.2, 0.25) is 0 Å². The van der Waals surface area contributed by atoms with Crippen molar-refractivity contribution in [2.24, 2.45) is 5.10 Å². The maximum Gasteiger partial charge on any atom is 0.264 e. The number of hydrogen-bond acceptors (Lipinski definition) is 5. The number of para-hydroxylation sites is 1. The highest BCUT2D eigenvalue weighted by atomic mass is 32.2. The van der Waals surface area contributed by atoms with Crippen molar-refractivity contribution in [1.29, 1.82) is 0 Å².